The summed E-state index contributed by atoms with van der Waals surface area (Å²) in [5.74, 6) is 0.682. The number of rotatable bonds is 8. The molecule has 8 heteroatoms. The number of amides is 1. The van der Waals surface area contributed by atoms with Crippen LogP contribution in [0.15, 0.2) is 83.8 Å². The van der Waals surface area contributed by atoms with E-state index in [2.05, 4.69) is 0 Å². The molecule has 0 aliphatic carbocycles. The maximum Gasteiger partial charge on any atom is 0.336 e. The zero-order chi connectivity index (χ0) is 26.4. The lowest BCUT2D eigenvalue weighted by Crippen LogP contribution is -2.30. The predicted octanol–water partition coefficient (Wildman–Crippen LogP) is 6.29. The van der Waals surface area contributed by atoms with Crippen LogP contribution in [0.3, 0.4) is 0 Å². The summed E-state index contributed by atoms with van der Waals surface area (Å²) in [7, 11) is 3.09. The smallest absolute Gasteiger partial charge is 0.336 e. The van der Waals surface area contributed by atoms with Crippen molar-refractivity contribution < 1.29 is 23.8 Å². The number of thioether (sulfide) groups is 1. The van der Waals surface area contributed by atoms with Crippen LogP contribution in [0, 0.1) is 0 Å². The molecule has 0 spiro atoms. The molecule has 1 unspecified atom stereocenters. The van der Waals surface area contributed by atoms with E-state index in [1.807, 2.05) is 61.5 Å². The Kier molecular flexibility index (Phi) is 8.43. The number of carbonyl (C=O) groups excluding carboxylic acids is 2. The lowest BCUT2D eigenvalue weighted by molar-refractivity contribution is -0.129. The second kappa shape index (κ2) is 11.9. The fourth-order valence-corrected chi connectivity index (χ4v) is 5.14. The molecule has 0 N–H and O–H groups in total. The number of esters is 1. The highest BCUT2D eigenvalue weighted by Gasteiger charge is 2.35. The number of carbonyl (C=O) groups is 2. The lowest BCUT2D eigenvalue weighted by Gasteiger charge is -2.23. The predicted molar refractivity (Wildman–Crippen MR) is 151 cm³/mol. The number of thiocarbonyl (C=S) groups is 1. The molecule has 0 bridgehead atoms. The molecule has 0 radical (unpaired) electrons. The SMILES string of the molecule is COc1ccc(C=CC(=O)Oc2ccc(C=C3SC(=S)N(C(C)c4ccccc4)C3=O)cc2OC)cc1. The quantitative estimate of drug-likeness (QED) is 0.147. The molecule has 3 aromatic carbocycles. The van der Waals surface area contributed by atoms with Crippen LogP contribution in [0.2, 0.25) is 0 Å². The van der Waals surface area contributed by atoms with Gasteiger partial charge in [-0.3, -0.25) is 9.69 Å². The van der Waals surface area contributed by atoms with Gasteiger partial charge in [-0.1, -0.05) is 72.5 Å². The third-order valence-electron chi connectivity index (χ3n) is 5.72. The Hall–Kier alpha value is -3.88. The van der Waals surface area contributed by atoms with E-state index in [9.17, 15) is 9.59 Å². The van der Waals surface area contributed by atoms with E-state index < -0.39 is 5.97 Å². The van der Waals surface area contributed by atoms with E-state index in [0.29, 0.717) is 15.0 Å². The Morgan fingerprint density at radius 3 is 2.32 bits per heavy atom. The molecule has 3 aromatic rings. The van der Waals surface area contributed by atoms with Gasteiger partial charge in [0.1, 0.15) is 10.1 Å². The van der Waals surface area contributed by atoms with Crippen molar-refractivity contribution >= 4 is 52.3 Å². The summed E-state index contributed by atoms with van der Waals surface area (Å²) >= 11 is 6.77. The molecule has 1 atom stereocenters. The van der Waals surface area contributed by atoms with Gasteiger partial charge in [0, 0.05) is 6.08 Å². The average molecular weight is 532 g/mol. The van der Waals surface area contributed by atoms with Crippen LogP contribution in [0.25, 0.3) is 12.2 Å². The van der Waals surface area contributed by atoms with Crippen molar-refractivity contribution in [2.24, 2.45) is 0 Å². The first kappa shape index (κ1) is 26.2. The molecule has 1 aliphatic heterocycles. The first-order chi connectivity index (χ1) is 17.9. The van der Waals surface area contributed by atoms with E-state index in [0.717, 1.165) is 22.4 Å². The van der Waals surface area contributed by atoms with Crippen molar-refractivity contribution in [2.45, 2.75) is 13.0 Å². The van der Waals surface area contributed by atoms with Crippen molar-refractivity contribution in [3.8, 4) is 17.2 Å². The summed E-state index contributed by atoms with van der Waals surface area (Å²) in [5.41, 5.74) is 2.56. The monoisotopic (exact) mass is 531 g/mol. The molecule has 1 saturated heterocycles. The van der Waals surface area contributed by atoms with Crippen molar-refractivity contribution in [1.29, 1.82) is 0 Å². The number of methoxy groups -OCH3 is 2. The summed E-state index contributed by atoms with van der Waals surface area (Å²) in [4.78, 5) is 27.7. The fraction of sp³-hybridized carbons (Fsp3) is 0.138. The molecule has 4 rings (SSSR count). The normalized spacial score (nSPS) is 15.3. The Morgan fingerprint density at radius 1 is 0.946 bits per heavy atom. The van der Waals surface area contributed by atoms with Crippen LogP contribution in [-0.4, -0.2) is 35.3 Å². The molecule has 1 amide bonds. The Bertz CT molecular complexity index is 1370. The number of hydrogen-bond acceptors (Lipinski definition) is 7. The van der Waals surface area contributed by atoms with Gasteiger partial charge in [-0.15, -0.1) is 0 Å². The van der Waals surface area contributed by atoms with Gasteiger partial charge in [0.2, 0.25) is 0 Å². The average Bonchev–Trinajstić information content (AvgIpc) is 3.20. The van der Waals surface area contributed by atoms with Gasteiger partial charge in [-0.05, 0) is 60.0 Å². The lowest BCUT2D eigenvalue weighted by atomic mass is 10.1. The zero-order valence-electron chi connectivity index (χ0n) is 20.5. The van der Waals surface area contributed by atoms with E-state index >= 15 is 0 Å². The van der Waals surface area contributed by atoms with Gasteiger partial charge in [0.05, 0.1) is 25.2 Å². The second-order valence-electron chi connectivity index (χ2n) is 8.08. The number of nitrogens with zero attached hydrogens (tertiary/aromatic N) is 1. The molecule has 37 heavy (non-hydrogen) atoms. The molecule has 1 fully saturated rings. The van der Waals surface area contributed by atoms with Crippen molar-refractivity contribution in [3.63, 3.8) is 0 Å². The summed E-state index contributed by atoms with van der Waals surface area (Å²) in [6.45, 7) is 1.96. The van der Waals surface area contributed by atoms with Crippen molar-refractivity contribution in [2.75, 3.05) is 14.2 Å². The standard InChI is InChI=1S/C29H25NO5S2/c1-19(22-7-5-4-6-8-22)30-28(32)26(37-29(30)36)18-21-11-15-24(25(17-21)34-3)35-27(31)16-12-20-9-13-23(33-2)14-10-20/h4-19H,1-3H3. The zero-order valence-corrected chi connectivity index (χ0v) is 22.2. The third kappa shape index (κ3) is 6.28. The van der Waals surface area contributed by atoms with E-state index in [-0.39, 0.29) is 17.7 Å². The second-order valence-corrected chi connectivity index (χ2v) is 9.75. The van der Waals surface area contributed by atoms with Crippen LogP contribution in [0.4, 0.5) is 0 Å². The van der Waals surface area contributed by atoms with Crippen LogP contribution in [0.1, 0.15) is 29.7 Å². The minimum atomic E-state index is -0.544. The topological polar surface area (TPSA) is 65.1 Å². The largest absolute Gasteiger partial charge is 0.497 e. The van der Waals surface area contributed by atoms with Crippen molar-refractivity contribution in [3.05, 3.63) is 100 Å². The molecule has 188 valence electrons. The van der Waals surface area contributed by atoms with E-state index in [4.69, 9.17) is 26.4 Å². The highest BCUT2D eigenvalue weighted by Crippen LogP contribution is 2.39. The molecule has 0 aromatic heterocycles. The first-order valence-corrected chi connectivity index (χ1v) is 12.7. The van der Waals surface area contributed by atoms with Crippen LogP contribution >= 0.6 is 24.0 Å². The van der Waals surface area contributed by atoms with Gasteiger partial charge in [-0.2, -0.15) is 0 Å². The summed E-state index contributed by atoms with van der Waals surface area (Å²) in [5, 5.41) is 0. The molecular formula is C29H25NO5S2. The Labute approximate surface area is 225 Å². The van der Waals surface area contributed by atoms with Gasteiger partial charge in [0.25, 0.3) is 5.91 Å². The van der Waals surface area contributed by atoms with Gasteiger partial charge >= 0.3 is 5.97 Å². The maximum absolute atomic E-state index is 13.2. The maximum atomic E-state index is 13.2. The summed E-state index contributed by atoms with van der Waals surface area (Å²) in [6.07, 6.45) is 4.75. The fourth-order valence-electron chi connectivity index (χ4n) is 3.73. The molecule has 1 aliphatic rings. The van der Waals surface area contributed by atoms with Crippen molar-refractivity contribution in [1.82, 2.24) is 4.90 Å². The minimum absolute atomic E-state index is 0.149. The Morgan fingerprint density at radius 2 is 1.65 bits per heavy atom. The molecule has 1 heterocycles. The summed E-state index contributed by atoms with van der Waals surface area (Å²) < 4.78 is 16.5. The van der Waals surface area contributed by atoms with Crippen LogP contribution < -0.4 is 14.2 Å². The van der Waals surface area contributed by atoms with Gasteiger partial charge in [0.15, 0.2) is 11.5 Å². The minimum Gasteiger partial charge on any atom is -0.497 e. The van der Waals surface area contributed by atoms with Gasteiger partial charge < -0.3 is 14.2 Å². The van der Waals surface area contributed by atoms with E-state index in [1.165, 1.54) is 24.9 Å². The molecular weight excluding hydrogens is 506 g/mol. The Balaban J connectivity index is 1.47. The first-order valence-electron chi connectivity index (χ1n) is 11.4. The number of ether oxygens (including phenoxy) is 3. The summed E-state index contributed by atoms with van der Waals surface area (Å²) in [6, 6.07) is 22.0. The number of hydrogen-bond donors (Lipinski definition) is 0. The highest BCUT2D eigenvalue weighted by atomic mass is 32.2. The third-order valence-corrected chi connectivity index (χ3v) is 7.05. The van der Waals surface area contributed by atoms with Gasteiger partial charge in [-0.25, -0.2) is 4.79 Å². The number of benzene rings is 3. The van der Waals surface area contributed by atoms with Crippen LogP contribution in [-0.2, 0) is 9.59 Å². The van der Waals surface area contributed by atoms with Crippen LogP contribution in [0.5, 0.6) is 17.2 Å². The molecule has 0 saturated carbocycles. The molecule has 6 nitrogen and oxygen atoms in total. The van der Waals surface area contributed by atoms with E-state index in [1.54, 1.807) is 42.4 Å². The highest BCUT2D eigenvalue weighted by molar-refractivity contribution is 8.26.